The molecule has 3 amide bonds. The minimum atomic E-state index is -0.0528. The second kappa shape index (κ2) is 9.15. The molecule has 0 spiro atoms. The number of urea groups is 1. The van der Waals surface area contributed by atoms with Crippen LogP contribution >= 0.6 is 0 Å². The van der Waals surface area contributed by atoms with E-state index in [0.29, 0.717) is 39.1 Å². The Morgan fingerprint density at radius 3 is 2.57 bits per heavy atom. The van der Waals surface area contributed by atoms with E-state index < -0.39 is 0 Å². The van der Waals surface area contributed by atoms with Gasteiger partial charge in [0.2, 0.25) is 5.91 Å². The van der Waals surface area contributed by atoms with Crippen LogP contribution in [0.25, 0.3) is 0 Å². The summed E-state index contributed by atoms with van der Waals surface area (Å²) in [6.45, 7) is 2.48. The first kappa shape index (κ1) is 17.3. The number of para-hydroxylation sites is 1. The number of anilines is 1. The Hall–Kier alpha value is -2.08. The first-order valence-corrected chi connectivity index (χ1v) is 8.08. The zero-order valence-electron chi connectivity index (χ0n) is 13.6. The lowest BCUT2D eigenvalue weighted by atomic mass is 9.96. The number of carbonyl (C=O) groups excluding carboxylic acids is 2. The van der Waals surface area contributed by atoms with Crippen molar-refractivity contribution in [1.82, 2.24) is 10.2 Å². The fourth-order valence-electron chi connectivity index (χ4n) is 2.63. The first-order chi connectivity index (χ1) is 11.2. The van der Waals surface area contributed by atoms with Gasteiger partial charge in [-0.2, -0.15) is 0 Å². The number of piperidine rings is 1. The van der Waals surface area contributed by atoms with Crippen molar-refractivity contribution in [3.05, 3.63) is 30.3 Å². The number of ether oxygens (including phenoxy) is 1. The Bertz CT molecular complexity index is 499. The molecule has 0 aliphatic carbocycles. The molecule has 6 nitrogen and oxygen atoms in total. The number of amides is 3. The summed E-state index contributed by atoms with van der Waals surface area (Å²) in [7, 11) is 1.65. The third-order valence-corrected chi connectivity index (χ3v) is 4.00. The van der Waals surface area contributed by atoms with E-state index in [4.69, 9.17) is 4.74 Å². The van der Waals surface area contributed by atoms with Crippen LogP contribution in [0.2, 0.25) is 0 Å². The molecule has 0 unspecified atom stereocenters. The number of benzene rings is 1. The largest absolute Gasteiger partial charge is 0.385 e. The number of likely N-dealkylation sites (tertiary alicyclic amines) is 1. The molecule has 1 aromatic rings. The van der Waals surface area contributed by atoms with Gasteiger partial charge in [0.1, 0.15) is 0 Å². The van der Waals surface area contributed by atoms with Gasteiger partial charge in [0.25, 0.3) is 0 Å². The molecule has 1 fully saturated rings. The van der Waals surface area contributed by atoms with Gasteiger partial charge in [-0.3, -0.25) is 4.79 Å². The monoisotopic (exact) mass is 319 g/mol. The number of hydrogen-bond donors (Lipinski definition) is 2. The topological polar surface area (TPSA) is 70.7 Å². The number of carbonyl (C=O) groups is 2. The van der Waals surface area contributed by atoms with E-state index in [0.717, 1.165) is 12.1 Å². The maximum Gasteiger partial charge on any atom is 0.317 e. The summed E-state index contributed by atoms with van der Waals surface area (Å²) in [6, 6.07) is 9.40. The number of methoxy groups -OCH3 is 1. The Labute approximate surface area is 137 Å². The van der Waals surface area contributed by atoms with Crippen molar-refractivity contribution in [3.63, 3.8) is 0 Å². The average molecular weight is 319 g/mol. The van der Waals surface area contributed by atoms with E-state index in [1.165, 1.54) is 0 Å². The molecule has 1 saturated heterocycles. The van der Waals surface area contributed by atoms with Gasteiger partial charge in [-0.1, -0.05) is 18.2 Å². The molecule has 1 heterocycles. The molecule has 1 aliphatic heterocycles. The standard InChI is InChI=1S/C17H25N3O3/c1-23-13-5-10-18-17(22)20-11-8-14(9-12-20)16(21)19-15-6-3-2-4-7-15/h2-4,6-7,14H,5,8-13H2,1H3,(H,18,22)(H,19,21). The molecule has 6 heteroatoms. The lowest BCUT2D eigenvalue weighted by Gasteiger charge is -2.31. The van der Waals surface area contributed by atoms with Crippen molar-refractivity contribution in [1.29, 1.82) is 0 Å². The van der Waals surface area contributed by atoms with Crippen molar-refractivity contribution < 1.29 is 14.3 Å². The average Bonchev–Trinajstić information content (AvgIpc) is 2.59. The molecule has 0 radical (unpaired) electrons. The van der Waals surface area contributed by atoms with E-state index in [1.807, 2.05) is 30.3 Å². The summed E-state index contributed by atoms with van der Waals surface area (Å²) in [5, 5.41) is 5.81. The summed E-state index contributed by atoms with van der Waals surface area (Å²) in [6.07, 6.45) is 2.20. The van der Waals surface area contributed by atoms with Crippen molar-refractivity contribution in [2.45, 2.75) is 19.3 Å². The predicted octanol–water partition coefficient (Wildman–Crippen LogP) is 2.08. The zero-order chi connectivity index (χ0) is 16.5. The smallest absolute Gasteiger partial charge is 0.317 e. The minimum absolute atomic E-state index is 0.0345. The summed E-state index contributed by atoms with van der Waals surface area (Å²) < 4.78 is 4.95. The van der Waals surface area contributed by atoms with Gasteiger partial charge in [-0.15, -0.1) is 0 Å². The van der Waals surface area contributed by atoms with Gasteiger partial charge in [-0.05, 0) is 31.4 Å². The molecule has 0 atom stereocenters. The molecule has 2 N–H and O–H groups in total. The van der Waals surface area contributed by atoms with Crippen molar-refractivity contribution >= 4 is 17.6 Å². The molecule has 23 heavy (non-hydrogen) atoms. The summed E-state index contributed by atoms with van der Waals surface area (Å²) in [5.74, 6) is 0.00380. The zero-order valence-corrected chi connectivity index (χ0v) is 13.6. The lowest BCUT2D eigenvalue weighted by Crippen LogP contribution is -2.46. The second-order valence-corrected chi connectivity index (χ2v) is 5.69. The lowest BCUT2D eigenvalue weighted by molar-refractivity contribution is -0.121. The van der Waals surface area contributed by atoms with E-state index in [1.54, 1.807) is 12.0 Å². The molecular formula is C17H25N3O3. The normalized spacial score (nSPS) is 15.3. The predicted molar refractivity (Wildman–Crippen MR) is 89.3 cm³/mol. The SMILES string of the molecule is COCCCNC(=O)N1CCC(C(=O)Nc2ccccc2)CC1. The van der Waals surface area contributed by atoms with Gasteiger partial charge in [-0.25, -0.2) is 4.79 Å². The van der Waals surface area contributed by atoms with E-state index in [-0.39, 0.29) is 17.9 Å². The van der Waals surface area contributed by atoms with Gasteiger partial charge >= 0.3 is 6.03 Å². The van der Waals surface area contributed by atoms with E-state index >= 15 is 0 Å². The van der Waals surface area contributed by atoms with Gasteiger partial charge in [0, 0.05) is 45.0 Å². The number of nitrogens with one attached hydrogen (secondary N) is 2. The van der Waals surface area contributed by atoms with Crippen LogP contribution in [-0.4, -0.2) is 50.2 Å². The maximum absolute atomic E-state index is 12.2. The Balaban J connectivity index is 1.70. The minimum Gasteiger partial charge on any atom is -0.385 e. The third kappa shape index (κ3) is 5.56. The van der Waals surface area contributed by atoms with Crippen LogP contribution in [0.5, 0.6) is 0 Å². The van der Waals surface area contributed by atoms with Crippen LogP contribution in [0.4, 0.5) is 10.5 Å². The highest BCUT2D eigenvalue weighted by Gasteiger charge is 2.27. The quantitative estimate of drug-likeness (QED) is 0.789. The highest BCUT2D eigenvalue weighted by molar-refractivity contribution is 5.92. The Morgan fingerprint density at radius 1 is 1.22 bits per heavy atom. The summed E-state index contributed by atoms with van der Waals surface area (Å²) in [5.41, 5.74) is 0.816. The summed E-state index contributed by atoms with van der Waals surface area (Å²) >= 11 is 0. The molecule has 0 aromatic heterocycles. The van der Waals surface area contributed by atoms with Gasteiger partial charge < -0.3 is 20.3 Å². The van der Waals surface area contributed by atoms with Crippen LogP contribution in [-0.2, 0) is 9.53 Å². The van der Waals surface area contributed by atoms with Crippen molar-refractivity contribution in [2.24, 2.45) is 5.92 Å². The van der Waals surface area contributed by atoms with E-state index in [2.05, 4.69) is 10.6 Å². The van der Waals surface area contributed by atoms with Crippen LogP contribution in [0.1, 0.15) is 19.3 Å². The van der Waals surface area contributed by atoms with Crippen molar-refractivity contribution in [3.8, 4) is 0 Å². The second-order valence-electron chi connectivity index (χ2n) is 5.69. The van der Waals surface area contributed by atoms with Crippen LogP contribution in [0.15, 0.2) is 30.3 Å². The number of hydrogen-bond acceptors (Lipinski definition) is 3. The van der Waals surface area contributed by atoms with Gasteiger partial charge in [0.05, 0.1) is 0 Å². The van der Waals surface area contributed by atoms with Crippen LogP contribution in [0.3, 0.4) is 0 Å². The molecule has 2 rings (SSSR count). The number of nitrogens with zero attached hydrogens (tertiary/aromatic N) is 1. The molecular weight excluding hydrogens is 294 g/mol. The highest BCUT2D eigenvalue weighted by atomic mass is 16.5. The fraction of sp³-hybridized carbons (Fsp3) is 0.529. The van der Waals surface area contributed by atoms with Crippen LogP contribution in [0, 0.1) is 5.92 Å². The Kier molecular flexibility index (Phi) is 6.87. The molecule has 126 valence electrons. The number of rotatable bonds is 6. The maximum atomic E-state index is 12.2. The highest BCUT2D eigenvalue weighted by Crippen LogP contribution is 2.19. The Morgan fingerprint density at radius 2 is 1.91 bits per heavy atom. The van der Waals surface area contributed by atoms with Gasteiger partial charge in [0.15, 0.2) is 0 Å². The van der Waals surface area contributed by atoms with E-state index in [9.17, 15) is 9.59 Å². The van der Waals surface area contributed by atoms with Crippen LogP contribution < -0.4 is 10.6 Å². The summed E-state index contributed by atoms with van der Waals surface area (Å²) in [4.78, 5) is 26.0. The molecule has 0 bridgehead atoms. The first-order valence-electron chi connectivity index (χ1n) is 8.08. The molecule has 1 aliphatic rings. The third-order valence-electron chi connectivity index (χ3n) is 4.00. The molecule has 1 aromatic carbocycles. The fourth-order valence-corrected chi connectivity index (χ4v) is 2.63. The van der Waals surface area contributed by atoms with Crippen molar-refractivity contribution in [2.75, 3.05) is 38.7 Å². The molecule has 0 saturated carbocycles.